The van der Waals surface area contributed by atoms with E-state index in [4.69, 9.17) is 4.74 Å². The average Bonchev–Trinajstić information content (AvgIpc) is 2.73. The van der Waals surface area contributed by atoms with Gasteiger partial charge < -0.3 is 9.72 Å². The van der Waals surface area contributed by atoms with Crippen LogP contribution in [0, 0.1) is 13.8 Å². The number of fused-ring (bicyclic) bond motifs is 3. The molecule has 0 aliphatic carbocycles. The van der Waals surface area contributed by atoms with Crippen LogP contribution < -0.4 is 4.74 Å². The van der Waals surface area contributed by atoms with Crippen molar-refractivity contribution < 1.29 is 4.74 Å². The van der Waals surface area contributed by atoms with Gasteiger partial charge in [0.05, 0.1) is 12.6 Å². The van der Waals surface area contributed by atoms with E-state index in [1.165, 1.54) is 27.4 Å². The van der Waals surface area contributed by atoms with Gasteiger partial charge in [-0.05, 0) is 37.1 Å². The van der Waals surface area contributed by atoms with Gasteiger partial charge >= 0.3 is 0 Å². The van der Waals surface area contributed by atoms with Crippen LogP contribution in [0.4, 0.5) is 0 Å². The molecule has 1 aromatic heterocycles. The molecule has 1 N–H and O–H groups in total. The van der Waals surface area contributed by atoms with Gasteiger partial charge in [-0.3, -0.25) is 0 Å². The Hall–Kier alpha value is -1.96. The summed E-state index contributed by atoms with van der Waals surface area (Å²) in [6.45, 7) is 4.26. The first-order valence-electron chi connectivity index (χ1n) is 5.77. The summed E-state index contributed by atoms with van der Waals surface area (Å²) >= 11 is 0. The van der Waals surface area contributed by atoms with Crippen molar-refractivity contribution in [2.24, 2.45) is 0 Å². The molecule has 2 nitrogen and oxygen atoms in total. The molecule has 3 aromatic rings. The Balaban J connectivity index is 2.60. The summed E-state index contributed by atoms with van der Waals surface area (Å²) < 4.78 is 5.51. The molecule has 86 valence electrons. The number of hydrogen-bond acceptors (Lipinski definition) is 1. The Kier molecular flexibility index (Phi) is 2.11. The topological polar surface area (TPSA) is 25.0 Å². The summed E-state index contributed by atoms with van der Waals surface area (Å²) in [5, 5.41) is 2.41. The third-order valence-corrected chi connectivity index (χ3v) is 3.49. The maximum atomic E-state index is 5.51. The van der Waals surface area contributed by atoms with Crippen LogP contribution in [0.3, 0.4) is 0 Å². The first-order valence-corrected chi connectivity index (χ1v) is 5.77. The molecule has 0 radical (unpaired) electrons. The van der Waals surface area contributed by atoms with E-state index in [-0.39, 0.29) is 0 Å². The lowest BCUT2D eigenvalue weighted by molar-refractivity contribution is 0.419. The largest absolute Gasteiger partial charge is 0.496 e. The number of aryl methyl sites for hydroxylation is 2. The summed E-state index contributed by atoms with van der Waals surface area (Å²) in [4.78, 5) is 3.48. The molecule has 0 saturated carbocycles. The van der Waals surface area contributed by atoms with E-state index < -0.39 is 0 Å². The molecular formula is C15H15NO. The number of aromatic amines is 1. The molecule has 0 aliphatic rings. The van der Waals surface area contributed by atoms with Crippen LogP contribution in [-0.4, -0.2) is 12.1 Å². The average molecular weight is 225 g/mol. The summed E-state index contributed by atoms with van der Waals surface area (Å²) in [6, 6.07) is 10.4. The summed E-state index contributed by atoms with van der Waals surface area (Å²) in [5.74, 6) is 0.945. The second-order valence-electron chi connectivity index (χ2n) is 4.44. The van der Waals surface area contributed by atoms with Crippen LogP contribution in [0.2, 0.25) is 0 Å². The van der Waals surface area contributed by atoms with Gasteiger partial charge in [-0.25, -0.2) is 0 Å². The van der Waals surface area contributed by atoms with E-state index in [0.29, 0.717) is 0 Å². The maximum Gasteiger partial charge on any atom is 0.129 e. The fraction of sp³-hybridized carbons (Fsp3) is 0.200. The minimum absolute atomic E-state index is 0.945. The molecule has 0 bridgehead atoms. The van der Waals surface area contributed by atoms with Crippen molar-refractivity contribution in [3.63, 3.8) is 0 Å². The van der Waals surface area contributed by atoms with E-state index in [9.17, 15) is 0 Å². The van der Waals surface area contributed by atoms with Crippen LogP contribution in [0.15, 0.2) is 30.3 Å². The third kappa shape index (κ3) is 1.34. The van der Waals surface area contributed by atoms with Crippen molar-refractivity contribution in [1.82, 2.24) is 4.98 Å². The summed E-state index contributed by atoms with van der Waals surface area (Å²) in [5.41, 5.74) is 4.88. The normalized spacial score (nSPS) is 11.2. The van der Waals surface area contributed by atoms with Crippen LogP contribution in [0.25, 0.3) is 21.8 Å². The first kappa shape index (κ1) is 10.2. The van der Waals surface area contributed by atoms with Crippen molar-refractivity contribution >= 4 is 21.8 Å². The summed E-state index contributed by atoms with van der Waals surface area (Å²) in [6.07, 6.45) is 0. The zero-order valence-electron chi connectivity index (χ0n) is 10.3. The Bertz CT molecular complexity index is 710. The highest BCUT2D eigenvalue weighted by Gasteiger charge is 2.12. The van der Waals surface area contributed by atoms with Crippen LogP contribution >= 0.6 is 0 Å². The smallest absolute Gasteiger partial charge is 0.129 e. The van der Waals surface area contributed by atoms with Crippen molar-refractivity contribution in [3.05, 3.63) is 41.5 Å². The fourth-order valence-corrected chi connectivity index (χ4v) is 2.41. The molecule has 0 spiro atoms. The minimum Gasteiger partial charge on any atom is -0.496 e. The Morgan fingerprint density at radius 3 is 2.65 bits per heavy atom. The molecule has 1 heterocycles. The lowest BCUT2D eigenvalue weighted by Crippen LogP contribution is -1.89. The van der Waals surface area contributed by atoms with Gasteiger partial charge in [-0.2, -0.15) is 0 Å². The number of benzene rings is 2. The molecule has 2 heteroatoms. The number of aromatic nitrogens is 1. The van der Waals surface area contributed by atoms with Gasteiger partial charge in [0.2, 0.25) is 0 Å². The molecule has 3 rings (SSSR count). The molecule has 0 atom stereocenters. The second-order valence-corrected chi connectivity index (χ2v) is 4.44. The first-order chi connectivity index (χ1) is 8.22. The number of nitrogens with one attached hydrogen (secondary N) is 1. The van der Waals surface area contributed by atoms with Crippen molar-refractivity contribution in [3.8, 4) is 5.75 Å². The van der Waals surface area contributed by atoms with E-state index in [1.54, 1.807) is 7.11 Å². The molecular weight excluding hydrogens is 210 g/mol. The van der Waals surface area contributed by atoms with E-state index >= 15 is 0 Å². The maximum absolute atomic E-state index is 5.51. The third-order valence-electron chi connectivity index (χ3n) is 3.49. The Morgan fingerprint density at radius 1 is 1.12 bits per heavy atom. The fourth-order valence-electron chi connectivity index (χ4n) is 2.41. The van der Waals surface area contributed by atoms with Crippen molar-refractivity contribution in [1.29, 1.82) is 0 Å². The Morgan fingerprint density at radius 2 is 1.88 bits per heavy atom. The van der Waals surface area contributed by atoms with Gasteiger partial charge in [0.25, 0.3) is 0 Å². The van der Waals surface area contributed by atoms with Crippen molar-refractivity contribution in [2.75, 3.05) is 7.11 Å². The Labute approximate surface area is 100 Å². The zero-order valence-corrected chi connectivity index (χ0v) is 10.3. The van der Waals surface area contributed by atoms with Crippen molar-refractivity contribution in [2.45, 2.75) is 13.8 Å². The van der Waals surface area contributed by atoms with Gasteiger partial charge in [0.15, 0.2) is 0 Å². The van der Waals surface area contributed by atoms with Gasteiger partial charge in [0.1, 0.15) is 5.75 Å². The molecule has 2 aromatic carbocycles. The number of hydrogen-bond donors (Lipinski definition) is 1. The zero-order chi connectivity index (χ0) is 12.0. The quantitative estimate of drug-likeness (QED) is 0.666. The highest BCUT2D eigenvalue weighted by molar-refractivity contribution is 6.11. The second kappa shape index (κ2) is 3.52. The molecule has 17 heavy (non-hydrogen) atoms. The lowest BCUT2D eigenvalue weighted by atomic mass is 10.0. The number of H-pyrrole nitrogens is 1. The lowest BCUT2D eigenvalue weighted by Gasteiger charge is -2.07. The molecule has 0 amide bonds. The van der Waals surface area contributed by atoms with Crippen LogP contribution in [-0.2, 0) is 0 Å². The predicted octanol–water partition coefficient (Wildman–Crippen LogP) is 3.95. The number of ether oxygens (including phenoxy) is 1. The van der Waals surface area contributed by atoms with Gasteiger partial charge in [-0.15, -0.1) is 0 Å². The van der Waals surface area contributed by atoms with Gasteiger partial charge in [0, 0.05) is 16.3 Å². The monoisotopic (exact) mass is 225 g/mol. The van der Waals surface area contributed by atoms with Crippen LogP contribution in [0.5, 0.6) is 5.75 Å². The highest BCUT2D eigenvalue weighted by atomic mass is 16.5. The van der Waals surface area contributed by atoms with Gasteiger partial charge in [-0.1, -0.05) is 18.2 Å². The molecule has 0 fully saturated rings. The highest BCUT2D eigenvalue weighted by Crippen LogP contribution is 2.36. The van der Waals surface area contributed by atoms with E-state index in [2.05, 4.69) is 43.1 Å². The number of para-hydroxylation sites is 1. The molecule has 0 aliphatic heterocycles. The SMILES string of the molecule is COc1cc(C)c(C)c2[nH]c3ccccc3c12. The van der Waals surface area contributed by atoms with E-state index in [1.807, 2.05) is 6.07 Å². The predicted molar refractivity (Wildman–Crippen MR) is 71.8 cm³/mol. The van der Waals surface area contributed by atoms with E-state index in [0.717, 1.165) is 11.3 Å². The minimum atomic E-state index is 0.945. The van der Waals surface area contributed by atoms with Crippen LogP contribution in [0.1, 0.15) is 11.1 Å². The number of rotatable bonds is 1. The summed E-state index contributed by atoms with van der Waals surface area (Å²) in [7, 11) is 1.73. The molecule has 0 unspecified atom stereocenters. The standard InChI is InChI=1S/C15H15NO/c1-9-8-13(17-3)14-11-6-4-5-7-12(11)16-15(14)10(9)2/h4-8,16H,1-3H3. The number of methoxy groups -OCH3 is 1. The molecule has 0 saturated heterocycles.